The first-order valence-corrected chi connectivity index (χ1v) is 6.97. The highest BCUT2D eigenvalue weighted by atomic mass is 32.2. The lowest BCUT2D eigenvalue weighted by Crippen LogP contribution is -1.91. The molecule has 70 valence electrons. The minimum atomic E-state index is 1.26. The summed E-state index contributed by atoms with van der Waals surface area (Å²) < 4.78 is 0. The third kappa shape index (κ3) is 4.46. The molecule has 1 aliphatic rings. The van der Waals surface area contributed by atoms with Crippen molar-refractivity contribution in [3.05, 3.63) is 11.0 Å². The van der Waals surface area contributed by atoms with Crippen molar-refractivity contribution < 1.29 is 0 Å². The van der Waals surface area contributed by atoms with Crippen molar-refractivity contribution >= 4 is 23.5 Å². The van der Waals surface area contributed by atoms with Crippen LogP contribution in [0.3, 0.4) is 0 Å². The lowest BCUT2D eigenvalue weighted by atomic mass is 10.1. The molecule has 0 aliphatic heterocycles. The summed E-state index contributed by atoms with van der Waals surface area (Å²) in [5.74, 6) is 3.89. The van der Waals surface area contributed by atoms with Crippen LogP contribution in [0, 0.1) is 0 Å². The summed E-state index contributed by atoms with van der Waals surface area (Å²) in [4.78, 5) is 1.65. The Balaban J connectivity index is 2.01. The molecule has 1 aliphatic carbocycles. The Labute approximate surface area is 84.6 Å². The van der Waals surface area contributed by atoms with Crippen molar-refractivity contribution in [3.63, 3.8) is 0 Å². The molecule has 0 bridgehead atoms. The molecule has 0 N–H and O–H groups in total. The summed E-state index contributed by atoms with van der Waals surface area (Å²) in [5.41, 5.74) is 0. The summed E-state index contributed by atoms with van der Waals surface area (Å²) in [6.45, 7) is 2.23. The Morgan fingerprint density at radius 3 is 2.92 bits per heavy atom. The van der Waals surface area contributed by atoms with Gasteiger partial charge in [-0.05, 0) is 36.3 Å². The van der Waals surface area contributed by atoms with Crippen LogP contribution in [0.5, 0.6) is 0 Å². The molecule has 0 radical (unpaired) electrons. The fourth-order valence-electron chi connectivity index (χ4n) is 1.32. The zero-order valence-electron chi connectivity index (χ0n) is 7.84. The van der Waals surface area contributed by atoms with E-state index in [1.807, 2.05) is 11.8 Å². The topological polar surface area (TPSA) is 0 Å². The molecule has 1 rings (SSSR count). The smallest absolute Gasteiger partial charge is 0.00677 e. The van der Waals surface area contributed by atoms with E-state index < -0.39 is 0 Å². The standard InChI is InChI=1S/C10H18S2/c1-2-11-8-9-12-10-6-4-3-5-7-10/h6H,2-5,7-9H2,1H3. The van der Waals surface area contributed by atoms with Gasteiger partial charge in [0.1, 0.15) is 0 Å². The zero-order valence-corrected chi connectivity index (χ0v) is 9.48. The molecule has 12 heavy (non-hydrogen) atoms. The van der Waals surface area contributed by atoms with Gasteiger partial charge in [0.05, 0.1) is 0 Å². The highest BCUT2D eigenvalue weighted by Gasteiger charge is 2.02. The zero-order chi connectivity index (χ0) is 8.65. The van der Waals surface area contributed by atoms with Gasteiger partial charge in [0.2, 0.25) is 0 Å². The maximum absolute atomic E-state index is 2.44. The molecule has 0 saturated carbocycles. The largest absolute Gasteiger partial charge is 0.161 e. The molecule has 0 nitrogen and oxygen atoms in total. The third-order valence-electron chi connectivity index (χ3n) is 1.97. The average Bonchev–Trinajstić information content (AvgIpc) is 2.14. The molecule has 0 amide bonds. The Hall–Kier alpha value is 0.440. The summed E-state index contributed by atoms with van der Waals surface area (Å²) in [6.07, 6.45) is 7.93. The van der Waals surface area contributed by atoms with Crippen LogP contribution >= 0.6 is 23.5 Å². The lowest BCUT2D eigenvalue weighted by molar-refractivity contribution is 0.723. The van der Waals surface area contributed by atoms with E-state index in [1.54, 1.807) is 4.91 Å². The summed E-state index contributed by atoms with van der Waals surface area (Å²) in [7, 11) is 0. The van der Waals surface area contributed by atoms with E-state index in [4.69, 9.17) is 0 Å². The van der Waals surface area contributed by atoms with Gasteiger partial charge < -0.3 is 0 Å². The molecule has 0 spiro atoms. The summed E-state index contributed by atoms with van der Waals surface area (Å²) >= 11 is 4.13. The van der Waals surface area contributed by atoms with E-state index in [9.17, 15) is 0 Å². The summed E-state index contributed by atoms with van der Waals surface area (Å²) in [5, 5.41) is 0. The number of rotatable bonds is 5. The van der Waals surface area contributed by atoms with Gasteiger partial charge in [-0.25, -0.2) is 0 Å². The third-order valence-corrected chi connectivity index (χ3v) is 4.28. The van der Waals surface area contributed by atoms with Crippen molar-refractivity contribution in [1.82, 2.24) is 0 Å². The second-order valence-electron chi connectivity index (χ2n) is 2.96. The van der Waals surface area contributed by atoms with Crippen LogP contribution in [0.2, 0.25) is 0 Å². The van der Waals surface area contributed by atoms with Crippen LogP contribution in [0.25, 0.3) is 0 Å². The van der Waals surface area contributed by atoms with Gasteiger partial charge in [0.15, 0.2) is 0 Å². The van der Waals surface area contributed by atoms with Gasteiger partial charge in [0, 0.05) is 11.5 Å². The van der Waals surface area contributed by atoms with Crippen LogP contribution in [0.4, 0.5) is 0 Å². The Morgan fingerprint density at radius 2 is 2.25 bits per heavy atom. The molecule has 0 fully saturated rings. The van der Waals surface area contributed by atoms with Crippen molar-refractivity contribution in [2.24, 2.45) is 0 Å². The van der Waals surface area contributed by atoms with Crippen molar-refractivity contribution in [2.45, 2.75) is 32.6 Å². The first-order valence-electron chi connectivity index (χ1n) is 4.83. The van der Waals surface area contributed by atoms with Crippen LogP contribution in [0.1, 0.15) is 32.6 Å². The van der Waals surface area contributed by atoms with E-state index in [-0.39, 0.29) is 0 Å². The quantitative estimate of drug-likeness (QED) is 0.620. The summed E-state index contributed by atoms with van der Waals surface area (Å²) in [6, 6.07) is 0. The highest BCUT2D eigenvalue weighted by Crippen LogP contribution is 2.27. The molecule has 2 heteroatoms. The molecule has 0 aromatic carbocycles. The van der Waals surface area contributed by atoms with Gasteiger partial charge in [-0.3, -0.25) is 0 Å². The van der Waals surface area contributed by atoms with Crippen molar-refractivity contribution in [3.8, 4) is 0 Å². The van der Waals surface area contributed by atoms with Gasteiger partial charge in [-0.2, -0.15) is 11.8 Å². The van der Waals surface area contributed by atoms with Gasteiger partial charge in [-0.1, -0.05) is 13.0 Å². The van der Waals surface area contributed by atoms with Crippen LogP contribution < -0.4 is 0 Å². The Morgan fingerprint density at radius 1 is 1.33 bits per heavy atom. The normalized spacial score (nSPS) is 17.6. The maximum Gasteiger partial charge on any atom is 0.00677 e. The minimum Gasteiger partial charge on any atom is -0.161 e. The predicted octanol–water partition coefficient (Wildman–Crippen LogP) is 3.93. The maximum atomic E-state index is 2.44. The average molecular weight is 202 g/mol. The van der Waals surface area contributed by atoms with E-state index >= 15 is 0 Å². The highest BCUT2D eigenvalue weighted by molar-refractivity contribution is 8.05. The van der Waals surface area contributed by atoms with E-state index in [0.717, 1.165) is 0 Å². The number of allylic oxidation sites excluding steroid dienone is 2. The van der Waals surface area contributed by atoms with Crippen molar-refractivity contribution in [2.75, 3.05) is 17.3 Å². The number of hydrogen-bond donors (Lipinski definition) is 0. The molecule has 0 unspecified atom stereocenters. The van der Waals surface area contributed by atoms with E-state index in [2.05, 4.69) is 24.8 Å². The molecule has 0 aromatic heterocycles. The Kier molecular flexibility index (Phi) is 6.05. The fraction of sp³-hybridized carbons (Fsp3) is 0.800. The van der Waals surface area contributed by atoms with Gasteiger partial charge >= 0.3 is 0 Å². The second-order valence-corrected chi connectivity index (χ2v) is 5.58. The molecular formula is C10H18S2. The van der Waals surface area contributed by atoms with Crippen LogP contribution in [-0.2, 0) is 0 Å². The van der Waals surface area contributed by atoms with E-state index in [0.29, 0.717) is 0 Å². The Bertz CT molecular complexity index is 141. The SMILES string of the molecule is CCSCCSC1=CCCCC1. The fourth-order valence-corrected chi connectivity index (χ4v) is 3.20. The van der Waals surface area contributed by atoms with Gasteiger partial charge in [-0.15, -0.1) is 11.8 Å². The van der Waals surface area contributed by atoms with Crippen LogP contribution in [0.15, 0.2) is 11.0 Å². The first-order chi connectivity index (χ1) is 5.93. The predicted molar refractivity (Wildman–Crippen MR) is 62.0 cm³/mol. The second kappa shape index (κ2) is 6.90. The van der Waals surface area contributed by atoms with Crippen molar-refractivity contribution in [1.29, 1.82) is 0 Å². The molecular weight excluding hydrogens is 184 g/mol. The van der Waals surface area contributed by atoms with Crippen LogP contribution in [-0.4, -0.2) is 17.3 Å². The van der Waals surface area contributed by atoms with E-state index in [1.165, 1.54) is 42.9 Å². The molecule has 0 saturated heterocycles. The molecule has 0 aromatic rings. The van der Waals surface area contributed by atoms with Gasteiger partial charge in [0.25, 0.3) is 0 Å². The number of thioether (sulfide) groups is 2. The molecule has 0 heterocycles. The first kappa shape index (κ1) is 10.5. The lowest BCUT2D eigenvalue weighted by Gasteiger charge is -2.11. The minimum absolute atomic E-state index is 1.26. The number of hydrogen-bond acceptors (Lipinski definition) is 2. The molecule has 0 atom stereocenters. The monoisotopic (exact) mass is 202 g/mol.